The van der Waals surface area contributed by atoms with Crippen LogP contribution in [0.1, 0.15) is 0 Å². The van der Waals surface area contributed by atoms with Crippen LogP contribution in [0, 0.1) is 0 Å². The van der Waals surface area contributed by atoms with Crippen molar-refractivity contribution in [1.82, 2.24) is 0 Å². The van der Waals surface area contributed by atoms with Crippen molar-refractivity contribution in [2.75, 3.05) is 0 Å². The first-order chi connectivity index (χ1) is 6.79. The lowest BCUT2D eigenvalue weighted by molar-refractivity contribution is 0.475. The smallest absolute Gasteiger partial charge is 0.115 e. The average Bonchev–Trinajstić information content (AvgIpc) is 2.21. The normalized spacial score (nSPS) is 8.64. The Morgan fingerprint density at radius 2 is 1.14 bits per heavy atom. The van der Waals surface area contributed by atoms with Crippen LogP contribution in [0.3, 0.4) is 0 Å². The van der Waals surface area contributed by atoms with Crippen LogP contribution in [0.25, 0.3) is 0 Å². The van der Waals surface area contributed by atoms with E-state index in [4.69, 9.17) is 5.11 Å². The van der Waals surface area contributed by atoms with E-state index in [0.717, 1.165) is 4.90 Å². The van der Waals surface area contributed by atoms with Gasteiger partial charge in [0, 0.05) is 4.90 Å². The lowest BCUT2D eigenvalue weighted by Gasteiger charge is -1.82. The molecule has 1 N–H and O–H groups in total. The SMILES string of the molecule is Oc1ccccc1.Sc1ccccc1. The molecule has 0 aromatic heterocycles. The number of hydrogen-bond donors (Lipinski definition) is 2. The van der Waals surface area contributed by atoms with Crippen LogP contribution in [0.5, 0.6) is 5.75 Å². The quantitative estimate of drug-likeness (QED) is 0.630. The number of rotatable bonds is 0. The first-order valence-electron chi connectivity index (χ1n) is 4.27. The topological polar surface area (TPSA) is 20.2 Å². The second-order valence-corrected chi connectivity index (χ2v) is 3.19. The molecule has 1 nitrogen and oxygen atoms in total. The van der Waals surface area contributed by atoms with Crippen molar-refractivity contribution >= 4 is 12.6 Å². The molecule has 0 saturated carbocycles. The van der Waals surface area contributed by atoms with Gasteiger partial charge in [-0.05, 0) is 24.3 Å². The fourth-order valence-electron chi connectivity index (χ4n) is 0.856. The minimum atomic E-state index is 0.322. The van der Waals surface area contributed by atoms with Crippen molar-refractivity contribution in [3.8, 4) is 5.75 Å². The Hall–Kier alpha value is -1.41. The van der Waals surface area contributed by atoms with Gasteiger partial charge in [0.15, 0.2) is 0 Å². The molecule has 2 heteroatoms. The van der Waals surface area contributed by atoms with Gasteiger partial charge in [-0.25, -0.2) is 0 Å². The van der Waals surface area contributed by atoms with Crippen LogP contribution in [0.15, 0.2) is 65.6 Å². The molecule has 2 aromatic rings. The predicted molar refractivity (Wildman–Crippen MR) is 61.8 cm³/mol. The summed E-state index contributed by atoms with van der Waals surface area (Å²) in [6, 6.07) is 18.5. The van der Waals surface area contributed by atoms with E-state index in [1.54, 1.807) is 24.3 Å². The maximum absolute atomic E-state index is 8.63. The fourth-order valence-corrected chi connectivity index (χ4v) is 1.03. The van der Waals surface area contributed by atoms with Gasteiger partial charge >= 0.3 is 0 Å². The number of benzene rings is 2. The molecule has 0 aliphatic heterocycles. The highest BCUT2D eigenvalue weighted by molar-refractivity contribution is 7.80. The molecule has 14 heavy (non-hydrogen) atoms. The predicted octanol–water partition coefficient (Wildman–Crippen LogP) is 3.37. The molecule has 2 aromatic carbocycles. The summed E-state index contributed by atoms with van der Waals surface area (Å²) in [6.07, 6.45) is 0. The highest BCUT2D eigenvalue weighted by Gasteiger charge is 1.75. The summed E-state index contributed by atoms with van der Waals surface area (Å²) in [6.45, 7) is 0. The zero-order valence-corrected chi connectivity index (χ0v) is 8.56. The largest absolute Gasteiger partial charge is 0.508 e. The van der Waals surface area contributed by atoms with Gasteiger partial charge in [0.05, 0.1) is 0 Å². The third-order valence-electron chi connectivity index (χ3n) is 1.51. The Morgan fingerprint density at radius 1 is 0.714 bits per heavy atom. The van der Waals surface area contributed by atoms with Crippen molar-refractivity contribution in [3.05, 3.63) is 60.7 Å². The van der Waals surface area contributed by atoms with Gasteiger partial charge in [0.25, 0.3) is 0 Å². The van der Waals surface area contributed by atoms with Gasteiger partial charge in [-0.1, -0.05) is 36.4 Å². The van der Waals surface area contributed by atoms with Gasteiger partial charge in [-0.2, -0.15) is 0 Å². The third-order valence-corrected chi connectivity index (χ3v) is 1.81. The van der Waals surface area contributed by atoms with E-state index in [-0.39, 0.29) is 0 Å². The standard InChI is InChI=1S/C6H6O.C6H6S/c2*7-6-4-2-1-3-5-6/h2*1-5,7H. The molecule has 0 aliphatic rings. The molecule has 0 heterocycles. The van der Waals surface area contributed by atoms with Crippen LogP contribution in [0.4, 0.5) is 0 Å². The molecule has 0 spiro atoms. The van der Waals surface area contributed by atoms with Crippen molar-refractivity contribution in [1.29, 1.82) is 0 Å². The highest BCUT2D eigenvalue weighted by Crippen LogP contribution is 2.02. The third kappa shape index (κ3) is 4.58. The van der Waals surface area contributed by atoms with E-state index in [1.165, 1.54) is 0 Å². The van der Waals surface area contributed by atoms with Crippen LogP contribution in [0.2, 0.25) is 0 Å². The first kappa shape index (κ1) is 10.7. The Bertz CT molecular complexity index is 308. The summed E-state index contributed by atoms with van der Waals surface area (Å²) in [4.78, 5) is 1.02. The molecule has 0 atom stereocenters. The van der Waals surface area contributed by atoms with Gasteiger partial charge in [-0.15, -0.1) is 12.6 Å². The summed E-state index contributed by atoms with van der Waals surface area (Å²) in [5, 5.41) is 8.63. The van der Waals surface area contributed by atoms with Gasteiger partial charge in [0.2, 0.25) is 0 Å². The monoisotopic (exact) mass is 204 g/mol. The van der Waals surface area contributed by atoms with Crippen molar-refractivity contribution in [2.45, 2.75) is 4.90 Å². The summed E-state index contributed by atoms with van der Waals surface area (Å²) >= 11 is 4.08. The Kier molecular flexibility index (Phi) is 4.65. The Labute approximate surface area is 89.4 Å². The average molecular weight is 204 g/mol. The number of hydrogen-bond acceptors (Lipinski definition) is 2. The molecule has 0 saturated heterocycles. The molecule has 0 bridgehead atoms. The van der Waals surface area contributed by atoms with E-state index >= 15 is 0 Å². The number of para-hydroxylation sites is 1. The maximum Gasteiger partial charge on any atom is 0.115 e. The number of aromatic hydroxyl groups is 1. The molecule has 2 rings (SSSR count). The summed E-state index contributed by atoms with van der Waals surface area (Å²) in [7, 11) is 0. The van der Waals surface area contributed by atoms with Gasteiger partial charge in [-0.3, -0.25) is 0 Å². The molecule has 0 aliphatic carbocycles. The molecule has 0 unspecified atom stereocenters. The van der Waals surface area contributed by atoms with E-state index in [1.807, 2.05) is 36.4 Å². The summed E-state index contributed by atoms with van der Waals surface area (Å²) < 4.78 is 0. The molecular weight excluding hydrogens is 192 g/mol. The van der Waals surface area contributed by atoms with Gasteiger partial charge < -0.3 is 5.11 Å². The number of phenols is 1. The zero-order valence-electron chi connectivity index (χ0n) is 7.67. The van der Waals surface area contributed by atoms with Crippen molar-refractivity contribution < 1.29 is 5.11 Å². The number of phenolic OH excluding ortho intramolecular Hbond substituents is 1. The lowest BCUT2D eigenvalue weighted by Crippen LogP contribution is -1.56. The molecule has 0 amide bonds. The van der Waals surface area contributed by atoms with Crippen LogP contribution in [-0.2, 0) is 0 Å². The minimum absolute atomic E-state index is 0.322. The maximum atomic E-state index is 8.63. The number of thiol groups is 1. The van der Waals surface area contributed by atoms with Crippen LogP contribution >= 0.6 is 12.6 Å². The molecular formula is C12H12OS. The molecule has 72 valence electrons. The zero-order chi connectivity index (χ0) is 10.2. The highest BCUT2D eigenvalue weighted by atomic mass is 32.1. The second kappa shape index (κ2) is 6.11. The van der Waals surface area contributed by atoms with E-state index in [0.29, 0.717) is 5.75 Å². The second-order valence-electron chi connectivity index (χ2n) is 2.67. The van der Waals surface area contributed by atoms with E-state index in [9.17, 15) is 0 Å². The van der Waals surface area contributed by atoms with Crippen molar-refractivity contribution in [2.24, 2.45) is 0 Å². The van der Waals surface area contributed by atoms with Gasteiger partial charge in [0.1, 0.15) is 5.75 Å². The molecule has 0 fully saturated rings. The van der Waals surface area contributed by atoms with E-state index in [2.05, 4.69) is 12.6 Å². The summed E-state index contributed by atoms with van der Waals surface area (Å²) in [5.41, 5.74) is 0. The van der Waals surface area contributed by atoms with Crippen molar-refractivity contribution in [3.63, 3.8) is 0 Å². The first-order valence-corrected chi connectivity index (χ1v) is 4.72. The lowest BCUT2D eigenvalue weighted by atomic mass is 10.3. The fraction of sp³-hybridized carbons (Fsp3) is 0. The van der Waals surface area contributed by atoms with Crippen LogP contribution < -0.4 is 0 Å². The molecule has 0 radical (unpaired) electrons. The Morgan fingerprint density at radius 3 is 1.36 bits per heavy atom. The Balaban J connectivity index is 0.000000140. The van der Waals surface area contributed by atoms with E-state index < -0.39 is 0 Å². The minimum Gasteiger partial charge on any atom is -0.508 e. The summed E-state index contributed by atoms with van der Waals surface area (Å²) in [5.74, 6) is 0.322. The van der Waals surface area contributed by atoms with Crippen LogP contribution in [-0.4, -0.2) is 5.11 Å².